The molecule has 0 amide bonds. The molecular weight excluding hydrogens is 318 g/mol. The third kappa shape index (κ3) is 3.86. The van der Waals surface area contributed by atoms with Gasteiger partial charge in [0.05, 0.1) is 18.4 Å². The van der Waals surface area contributed by atoms with Crippen LogP contribution in [0.4, 0.5) is 0 Å². The van der Waals surface area contributed by atoms with Crippen molar-refractivity contribution in [2.24, 2.45) is 0 Å². The summed E-state index contributed by atoms with van der Waals surface area (Å²) in [5, 5.41) is 4.44. The van der Waals surface area contributed by atoms with Crippen LogP contribution in [0, 0.1) is 6.92 Å². The highest BCUT2D eigenvalue weighted by molar-refractivity contribution is 7.07. The fourth-order valence-electron chi connectivity index (χ4n) is 3.85. The van der Waals surface area contributed by atoms with E-state index in [1.807, 2.05) is 13.0 Å². The first-order chi connectivity index (χ1) is 11.8. The van der Waals surface area contributed by atoms with Gasteiger partial charge in [0.25, 0.3) is 0 Å². The average Bonchev–Trinajstić information content (AvgIpc) is 3.22. The van der Waals surface area contributed by atoms with Crippen LogP contribution >= 0.6 is 11.3 Å². The molecular formula is C19H25N3OS. The Labute approximate surface area is 148 Å². The number of hydrogen-bond donors (Lipinski definition) is 0. The molecule has 5 heteroatoms. The van der Waals surface area contributed by atoms with Gasteiger partial charge >= 0.3 is 0 Å². The number of aromatic nitrogens is 1. The van der Waals surface area contributed by atoms with Crippen LogP contribution in [0.15, 0.2) is 35.0 Å². The molecule has 0 unspecified atom stereocenters. The largest absolute Gasteiger partial charge is 0.371 e. The highest BCUT2D eigenvalue weighted by atomic mass is 32.1. The Morgan fingerprint density at radius 2 is 2.21 bits per heavy atom. The molecule has 128 valence electrons. The molecule has 0 N–H and O–H groups in total. The van der Waals surface area contributed by atoms with Gasteiger partial charge in [0.1, 0.15) is 0 Å². The molecule has 2 aliphatic rings. The van der Waals surface area contributed by atoms with Gasteiger partial charge in [0.15, 0.2) is 0 Å². The molecule has 2 aromatic rings. The Morgan fingerprint density at radius 1 is 1.25 bits per heavy atom. The number of piperazine rings is 1. The number of rotatable bonds is 5. The van der Waals surface area contributed by atoms with Gasteiger partial charge in [-0.15, -0.1) is 0 Å². The Hall–Kier alpha value is -1.27. The molecule has 4 heterocycles. The molecule has 2 saturated heterocycles. The van der Waals surface area contributed by atoms with Gasteiger partial charge in [-0.1, -0.05) is 6.07 Å². The molecule has 2 aliphatic heterocycles. The van der Waals surface area contributed by atoms with Crippen molar-refractivity contribution in [2.45, 2.75) is 38.6 Å². The zero-order valence-corrected chi connectivity index (χ0v) is 15.0. The lowest BCUT2D eigenvalue weighted by Gasteiger charge is -2.37. The van der Waals surface area contributed by atoms with Crippen LogP contribution in [0.25, 0.3) is 0 Å². The van der Waals surface area contributed by atoms with Crippen molar-refractivity contribution in [1.29, 1.82) is 0 Å². The SMILES string of the molecule is Cc1cccc(CO[C@H]2C[C@@H]3CN(Cc4ccsc4)CCN3C2)n1. The zero-order chi connectivity index (χ0) is 16.4. The van der Waals surface area contributed by atoms with Gasteiger partial charge in [0.2, 0.25) is 0 Å². The number of hydrogen-bond acceptors (Lipinski definition) is 5. The zero-order valence-electron chi connectivity index (χ0n) is 14.2. The standard InChI is InChI=1S/C19H25N3OS/c1-15-3-2-4-17(20-15)13-23-19-9-18-11-21(6-7-22(18)12-19)10-16-5-8-24-14-16/h2-5,8,14,18-19H,6-7,9-13H2,1H3/t18-,19+/m1/s1. The summed E-state index contributed by atoms with van der Waals surface area (Å²) in [6, 6.07) is 9.03. The second-order valence-corrected chi connectivity index (χ2v) is 7.73. The summed E-state index contributed by atoms with van der Waals surface area (Å²) >= 11 is 1.79. The van der Waals surface area contributed by atoms with E-state index in [1.54, 1.807) is 11.3 Å². The molecule has 4 nitrogen and oxygen atoms in total. The monoisotopic (exact) mass is 343 g/mol. The van der Waals surface area contributed by atoms with E-state index in [4.69, 9.17) is 4.74 Å². The van der Waals surface area contributed by atoms with Crippen LogP contribution in [0.5, 0.6) is 0 Å². The van der Waals surface area contributed by atoms with Crippen molar-refractivity contribution >= 4 is 11.3 Å². The molecule has 2 atom stereocenters. The van der Waals surface area contributed by atoms with Crippen molar-refractivity contribution in [3.63, 3.8) is 0 Å². The number of nitrogens with zero attached hydrogens (tertiary/aromatic N) is 3. The van der Waals surface area contributed by atoms with Gasteiger partial charge < -0.3 is 4.74 Å². The molecule has 0 saturated carbocycles. The lowest BCUT2D eigenvalue weighted by atomic mass is 10.1. The quantitative estimate of drug-likeness (QED) is 0.835. The van der Waals surface area contributed by atoms with Crippen molar-refractivity contribution in [2.75, 3.05) is 26.2 Å². The van der Waals surface area contributed by atoms with Crippen LogP contribution in [-0.2, 0) is 17.9 Å². The highest BCUT2D eigenvalue weighted by Gasteiger charge is 2.36. The second kappa shape index (κ2) is 7.31. The van der Waals surface area contributed by atoms with Crippen LogP contribution < -0.4 is 0 Å². The predicted octanol–water partition coefficient (Wildman–Crippen LogP) is 2.93. The minimum Gasteiger partial charge on any atom is -0.371 e. The number of fused-ring (bicyclic) bond motifs is 1. The van der Waals surface area contributed by atoms with Gasteiger partial charge in [-0.25, -0.2) is 0 Å². The summed E-state index contributed by atoms with van der Waals surface area (Å²) in [4.78, 5) is 9.73. The van der Waals surface area contributed by atoms with Crippen LogP contribution in [-0.4, -0.2) is 53.1 Å². The Bertz CT molecular complexity index is 660. The maximum absolute atomic E-state index is 6.16. The lowest BCUT2D eigenvalue weighted by molar-refractivity contribution is 0.0439. The van der Waals surface area contributed by atoms with Gasteiger partial charge in [-0.05, 0) is 47.9 Å². The number of thiophene rings is 1. The molecule has 2 fully saturated rings. The molecule has 0 radical (unpaired) electrons. The fraction of sp³-hybridized carbons (Fsp3) is 0.526. The topological polar surface area (TPSA) is 28.6 Å². The number of aryl methyl sites for hydroxylation is 1. The van der Waals surface area contributed by atoms with E-state index in [-0.39, 0.29) is 0 Å². The second-order valence-electron chi connectivity index (χ2n) is 6.95. The molecule has 0 spiro atoms. The first-order valence-corrected chi connectivity index (χ1v) is 9.72. The predicted molar refractivity (Wildman–Crippen MR) is 97.1 cm³/mol. The van der Waals surface area contributed by atoms with E-state index >= 15 is 0 Å². The normalized spacial score (nSPS) is 25.0. The molecule has 24 heavy (non-hydrogen) atoms. The van der Waals surface area contributed by atoms with Crippen LogP contribution in [0.3, 0.4) is 0 Å². The number of pyridine rings is 1. The van der Waals surface area contributed by atoms with E-state index in [2.05, 4.69) is 43.7 Å². The Balaban J connectivity index is 1.28. The molecule has 2 aromatic heterocycles. The van der Waals surface area contributed by atoms with Crippen molar-refractivity contribution in [3.05, 3.63) is 52.0 Å². The Kier molecular flexibility index (Phi) is 4.94. The smallest absolute Gasteiger partial charge is 0.0892 e. The first-order valence-electron chi connectivity index (χ1n) is 8.78. The van der Waals surface area contributed by atoms with E-state index in [9.17, 15) is 0 Å². The maximum atomic E-state index is 6.16. The van der Waals surface area contributed by atoms with Crippen LogP contribution in [0.1, 0.15) is 23.4 Å². The molecule has 0 aromatic carbocycles. The van der Waals surface area contributed by atoms with Crippen molar-refractivity contribution < 1.29 is 4.74 Å². The number of ether oxygens (including phenoxy) is 1. The van der Waals surface area contributed by atoms with E-state index in [0.717, 1.165) is 37.4 Å². The van der Waals surface area contributed by atoms with Crippen molar-refractivity contribution in [3.8, 4) is 0 Å². The van der Waals surface area contributed by atoms with E-state index < -0.39 is 0 Å². The minimum atomic E-state index is 0.346. The maximum Gasteiger partial charge on any atom is 0.0892 e. The lowest BCUT2D eigenvalue weighted by Crippen LogP contribution is -2.49. The molecule has 0 bridgehead atoms. The first kappa shape index (κ1) is 16.2. The van der Waals surface area contributed by atoms with E-state index in [1.165, 1.54) is 18.7 Å². The highest BCUT2D eigenvalue weighted by Crippen LogP contribution is 2.25. The summed E-state index contributed by atoms with van der Waals surface area (Å²) in [7, 11) is 0. The summed E-state index contributed by atoms with van der Waals surface area (Å²) < 4.78 is 6.16. The fourth-order valence-corrected chi connectivity index (χ4v) is 4.51. The molecule has 4 rings (SSSR count). The summed E-state index contributed by atoms with van der Waals surface area (Å²) in [5.41, 5.74) is 3.55. The summed E-state index contributed by atoms with van der Waals surface area (Å²) in [6.07, 6.45) is 1.49. The Morgan fingerprint density at radius 3 is 3.04 bits per heavy atom. The van der Waals surface area contributed by atoms with Crippen LogP contribution in [0.2, 0.25) is 0 Å². The van der Waals surface area contributed by atoms with Gasteiger partial charge in [-0.3, -0.25) is 14.8 Å². The minimum absolute atomic E-state index is 0.346. The summed E-state index contributed by atoms with van der Waals surface area (Å²) in [5.74, 6) is 0. The van der Waals surface area contributed by atoms with Gasteiger partial charge in [-0.2, -0.15) is 11.3 Å². The summed E-state index contributed by atoms with van der Waals surface area (Å²) in [6.45, 7) is 8.32. The van der Waals surface area contributed by atoms with Crippen molar-refractivity contribution in [1.82, 2.24) is 14.8 Å². The van der Waals surface area contributed by atoms with Gasteiger partial charge in [0, 0.05) is 44.5 Å². The molecule has 0 aliphatic carbocycles. The third-order valence-corrected chi connectivity index (χ3v) is 5.79. The van der Waals surface area contributed by atoms with E-state index in [0.29, 0.717) is 18.8 Å². The third-order valence-electron chi connectivity index (χ3n) is 5.06. The average molecular weight is 343 g/mol.